The number of hydrogen-bond donors (Lipinski definition) is 1. The maximum Gasteiger partial charge on any atom is 0.314 e. The van der Waals surface area contributed by atoms with Gasteiger partial charge >= 0.3 is 5.97 Å². The van der Waals surface area contributed by atoms with E-state index in [-0.39, 0.29) is 5.82 Å². The first-order valence-corrected chi connectivity index (χ1v) is 6.73. The number of nitrogens with zero attached hydrogens (tertiary/aromatic N) is 2. The van der Waals surface area contributed by atoms with Crippen molar-refractivity contribution in [1.82, 2.24) is 9.97 Å². The van der Waals surface area contributed by atoms with E-state index in [9.17, 15) is 9.90 Å². The van der Waals surface area contributed by atoms with E-state index in [2.05, 4.69) is 25.9 Å². The molecule has 0 bridgehead atoms. The fraction of sp³-hybridized carbons (Fsp3) is 0.214. The van der Waals surface area contributed by atoms with E-state index in [0.29, 0.717) is 12.3 Å². The summed E-state index contributed by atoms with van der Waals surface area (Å²) in [6.45, 7) is 0. The van der Waals surface area contributed by atoms with Gasteiger partial charge in [-0.2, -0.15) is 4.98 Å². The van der Waals surface area contributed by atoms with E-state index in [0.717, 1.165) is 10.0 Å². The molecule has 2 rings (SSSR count). The number of rotatable bonds is 5. The number of aliphatic carboxylic acids is 1. The predicted molar refractivity (Wildman–Crippen MR) is 76.8 cm³/mol. The summed E-state index contributed by atoms with van der Waals surface area (Å²) in [7, 11) is 1.48. The molecule has 0 saturated carbocycles. The van der Waals surface area contributed by atoms with Gasteiger partial charge in [0, 0.05) is 16.7 Å². The van der Waals surface area contributed by atoms with Crippen LogP contribution >= 0.6 is 15.9 Å². The van der Waals surface area contributed by atoms with Gasteiger partial charge in [-0.05, 0) is 24.1 Å². The SMILES string of the molecule is COc1ccnc(C(Cc2cccc(Br)c2)C(=O)O)n1. The first-order chi connectivity index (χ1) is 9.60. The molecule has 1 heterocycles. The normalized spacial score (nSPS) is 11.9. The molecule has 5 nitrogen and oxygen atoms in total. The van der Waals surface area contributed by atoms with Gasteiger partial charge in [0.2, 0.25) is 5.88 Å². The highest BCUT2D eigenvalue weighted by Gasteiger charge is 2.23. The summed E-state index contributed by atoms with van der Waals surface area (Å²) in [6, 6.07) is 9.10. The molecule has 0 amide bonds. The Morgan fingerprint density at radius 1 is 1.45 bits per heavy atom. The van der Waals surface area contributed by atoms with Gasteiger partial charge in [0.15, 0.2) is 0 Å². The van der Waals surface area contributed by atoms with Crippen LogP contribution in [0.25, 0.3) is 0 Å². The van der Waals surface area contributed by atoms with E-state index in [1.165, 1.54) is 13.3 Å². The Kier molecular flexibility index (Phi) is 4.68. The van der Waals surface area contributed by atoms with Crippen LogP contribution in [0.1, 0.15) is 17.3 Å². The van der Waals surface area contributed by atoms with Gasteiger partial charge in [-0.1, -0.05) is 28.1 Å². The monoisotopic (exact) mass is 336 g/mol. The average molecular weight is 337 g/mol. The molecule has 0 aliphatic carbocycles. The van der Waals surface area contributed by atoms with Crippen LogP contribution < -0.4 is 4.74 Å². The smallest absolute Gasteiger partial charge is 0.314 e. The number of methoxy groups -OCH3 is 1. The molecular formula is C14H13BrN2O3. The molecule has 0 spiro atoms. The molecule has 2 aromatic rings. The van der Waals surface area contributed by atoms with Crippen LogP contribution in [0.3, 0.4) is 0 Å². The lowest BCUT2D eigenvalue weighted by Gasteiger charge is -2.12. The van der Waals surface area contributed by atoms with Gasteiger partial charge in [0.05, 0.1) is 7.11 Å². The van der Waals surface area contributed by atoms with Crippen LogP contribution in [0, 0.1) is 0 Å². The Balaban J connectivity index is 2.29. The van der Waals surface area contributed by atoms with Gasteiger partial charge in [-0.3, -0.25) is 4.79 Å². The van der Waals surface area contributed by atoms with Crippen LogP contribution in [0.5, 0.6) is 5.88 Å². The Morgan fingerprint density at radius 2 is 2.25 bits per heavy atom. The average Bonchev–Trinajstić information content (AvgIpc) is 2.44. The number of carboxylic acid groups (broad SMARTS) is 1. The summed E-state index contributed by atoms with van der Waals surface area (Å²) >= 11 is 3.37. The zero-order chi connectivity index (χ0) is 14.5. The second kappa shape index (κ2) is 6.47. The van der Waals surface area contributed by atoms with Gasteiger partial charge in [-0.15, -0.1) is 0 Å². The summed E-state index contributed by atoms with van der Waals surface area (Å²) in [5, 5.41) is 9.39. The second-order valence-electron chi connectivity index (χ2n) is 4.18. The highest BCUT2D eigenvalue weighted by atomic mass is 79.9. The number of benzene rings is 1. The molecule has 0 saturated heterocycles. The largest absolute Gasteiger partial charge is 0.481 e. The molecule has 6 heteroatoms. The van der Waals surface area contributed by atoms with Crippen molar-refractivity contribution < 1.29 is 14.6 Å². The summed E-state index contributed by atoms with van der Waals surface area (Å²) < 4.78 is 5.91. The van der Waals surface area contributed by atoms with Crippen molar-refractivity contribution in [2.75, 3.05) is 7.11 Å². The minimum atomic E-state index is -0.960. The van der Waals surface area contributed by atoms with E-state index < -0.39 is 11.9 Å². The van der Waals surface area contributed by atoms with Gasteiger partial charge in [0.1, 0.15) is 11.7 Å². The predicted octanol–water partition coefficient (Wildman–Crippen LogP) is 2.66. The van der Waals surface area contributed by atoms with Crippen molar-refractivity contribution in [3.05, 3.63) is 52.4 Å². The van der Waals surface area contributed by atoms with E-state index >= 15 is 0 Å². The molecular weight excluding hydrogens is 324 g/mol. The molecule has 0 fully saturated rings. The third-order valence-corrected chi connectivity index (χ3v) is 3.29. The van der Waals surface area contributed by atoms with E-state index in [1.54, 1.807) is 6.07 Å². The molecule has 0 aliphatic rings. The lowest BCUT2D eigenvalue weighted by molar-refractivity contribution is -0.139. The van der Waals surface area contributed by atoms with Crippen molar-refractivity contribution in [2.45, 2.75) is 12.3 Å². The van der Waals surface area contributed by atoms with Crippen LogP contribution in [-0.2, 0) is 11.2 Å². The summed E-state index contributed by atoms with van der Waals surface area (Å²) in [6.07, 6.45) is 1.82. The molecule has 1 unspecified atom stereocenters. The third kappa shape index (κ3) is 3.54. The molecule has 1 aromatic heterocycles. The zero-order valence-electron chi connectivity index (χ0n) is 10.8. The molecule has 1 atom stereocenters. The van der Waals surface area contributed by atoms with Gasteiger partial charge < -0.3 is 9.84 Å². The summed E-state index contributed by atoms with van der Waals surface area (Å²) in [5.74, 6) is -1.16. The van der Waals surface area contributed by atoms with Crippen molar-refractivity contribution in [3.8, 4) is 5.88 Å². The van der Waals surface area contributed by atoms with Gasteiger partial charge in [-0.25, -0.2) is 4.98 Å². The Morgan fingerprint density at radius 3 is 2.90 bits per heavy atom. The Labute approximate surface area is 124 Å². The molecule has 0 radical (unpaired) electrons. The Hall–Kier alpha value is -1.95. The van der Waals surface area contributed by atoms with Crippen molar-refractivity contribution in [1.29, 1.82) is 0 Å². The fourth-order valence-electron chi connectivity index (χ4n) is 1.83. The van der Waals surface area contributed by atoms with Gasteiger partial charge in [0.25, 0.3) is 0 Å². The lowest BCUT2D eigenvalue weighted by Crippen LogP contribution is -2.17. The minimum absolute atomic E-state index is 0.247. The third-order valence-electron chi connectivity index (χ3n) is 2.80. The number of carboxylic acids is 1. The number of ether oxygens (including phenoxy) is 1. The number of halogens is 1. The minimum Gasteiger partial charge on any atom is -0.481 e. The zero-order valence-corrected chi connectivity index (χ0v) is 12.4. The Bertz CT molecular complexity index is 619. The maximum atomic E-state index is 11.5. The number of aromatic nitrogens is 2. The van der Waals surface area contributed by atoms with Crippen LogP contribution in [0.4, 0.5) is 0 Å². The van der Waals surface area contributed by atoms with E-state index in [1.807, 2.05) is 24.3 Å². The fourth-order valence-corrected chi connectivity index (χ4v) is 2.27. The quantitative estimate of drug-likeness (QED) is 0.908. The molecule has 1 aromatic carbocycles. The molecule has 104 valence electrons. The first-order valence-electron chi connectivity index (χ1n) is 5.94. The lowest BCUT2D eigenvalue weighted by atomic mass is 9.98. The number of hydrogen-bond acceptors (Lipinski definition) is 4. The second-order valence-corrected chi connectivity index (χ2v) is 5.10. The van der Waals surface area contributed by atoms with Crippen molar-refractivity contribution in [3.63, 3.8) is 0 Å². The van der Waals surface area contributed by atoms with Crippen LogP contribution in [0.2, 0.25) is 0 Å². The van der Waals surface area contributed by atoms with Crippen molar-refractivity contribution >= 4 is 21.9 Å². The van der Waals surface area contributed by atoms with Crippen LogP contribution in [0.15, 0.2) is 41.0 Å². The highest BCUT2D eigenvalue weighted by Crippen LogP contribution is 2.21. The summed E-state index contributed by atoms with van der Waals surface area (Å²) in [5.41, 5.74) is 0.901. The standard InChI is InChI=1S/C14H13BrN2O3/c1-20-12-5-6-16-13(17-12)11(14(18)19)8-9-3-2-4-10(15)7-9/h2-7,11H,8H2,1H3,(H,18,19). The highest BCUT2D eigenvalue weighted by molar-refractivity contribution is 9.10. The van der Waals surface area contributed by atoms with Crippen LogP contribution in [-0.4, -0.2) is 28.2 Å². The van der Waals surface area contributed by atoms with Crippen molar-refractivity contribution in [2.24, 2.45) is 0 Å². The number of carbonyl (C=O) groups is 1. The molecule has 20 heavy (non-hydrogen) atoms. The maximum absolute atomic E-state index is 11.5. The summed E-state index contributed by atoms with van der Waals surface area (Å²) in [4.78, 5) is 19.6. The molecule has 1 N–H and O–H groups in total. The first kappa shape index (κ1) is 14.5. The topological polar surface area (TPSA) is 72.3 Å². The van der Waals surface area contributed by atoms with E-state index in [4.69, 9.17) is 4.74 Å². The molecule has 0 aliphatic heterocycles.